The summed E-state index contributed by atoms with van der Waals surface area (Å²) in [4.78, 5) is 24.2. The summed E-state index contributed by atoms with van der Waals surface area (Å²) in [7, 11) is 3.06. The monoisotopic (exact) mass is 380 g/mol. The summed E-state index contributed by atoms with van der Waals surface area (Å²) in [6.07, 6.45) is 1.74. The van der Waals surface area contributed by atoms with Crippen molar-refractivity contribution >= 4 is 23.6 Å². The van der Waals surface area contributed by atoms with Crippen molar-refractivity contribution in [2.75, 3.05) is 19.5 Å². The molecule has 2 aromatic rings. The first kappa shape index (κ1) is 20.5. The summed E-state index contributed by atoms with van der Waals surface area (Å²) in [6.45, 7) is 1.46. The summed E-state index contributed by atoms with van der Waals surface area (Å²) in [5.74, 6) is -0.00507. The highest BCUT2D eigenvalue weighted by molar-refractivity contribution is 5.96. The van der Waals surface area contributed by atoms with Gasteiger partial charge in [-0.2, -0.15) is 5.26 Å². The number of nitrogens with zero attached hydrogens (tertiary/aromatic N) is 1. The van der Waals surface area contributed by atoms with Gasteiger partial charge in [0.15, 0.2) is 6.10 Å². The van der Waals surface area contributed by atoms with Crippen LogP contribution in [-0.2, 0) is 14.3 Å². The number of amides is 1. The van der Waals surface area contributed by atoms with E-state index < -0.39 is 18.0 Å². The van der Waals surface area contributed by atoms with Gasteiger partial charge in [0, 0.05) is 17.8 Å². The van der Waals surface area contributed by atoms with Crippen LogP contribution in [0.5, 0.6) is 11.5 Å². The Bertz CT molecular complexity index is 908. The van der Waals surface area contributed by atoms with Gasteiger partial charge in [0.2, 0.25) is 0 Å². The minimum atomic E-state index is -1.01. The predicted octanol–water partition coefficient (Wildman–Crippen LogP) is 3.16. The molecule has 144 valence electrons. The average Bonchev–Trinajstić information content (AvgIpc) is 2.71. The van der Waals surface area contributed by atoms with E-state index in [1.807, 2.05) is 6.07 Å². The zero-order valence-corrected chi connectivity index (χ0v) is 15.8. The van der Waals surface area contributed by atoms with Crippen molar-refractivity contribution in [1.82, 2.24) is 0 Å². The van der Waals surface area contributed by atoms with Gasteiger partial charge < -0.3 is 19.5 Å². The number of anilines is 1. The summed E-state index contributed by atoms with van der Waals surface area (Å²) in [5, 5.41) is 11.5. The molecule has 0 aliphatic carbocycles. The summed E-state index contributed by atoms with van der Waals surface area (Å²) < 4.78 is 15.5. The molecule has 0 fully saturated rings. The maximum absolute atomic E-state index is 12.2. The quantitative estimate of drug-likeness (QED) is 0.585. The van der Waals surface area contributed by atoms with Crippen LogP contribution in [0.25, 0.3) is 6.08 Å². The fourth-order valence-electron chi connectivity index (χ4n) is 2.27. The molecule has 1 atom stereocenters. The molecule has 0 aliphatic heterocycles. The van der Waals surface area contributed by atoms with Crippen molar-refractivity contribution in [3.05, 3.63) is 59.7 Å². The molecule has 7 nitrogen and oxygen atoms in total. The molecular formula is C21H20N2O5. The van der Waals surface area contributed by atoms with Gasteiger partial charge >= 0.3 is 5.97 Å². The number of rotatable bonds is 7. The minimum absolute atomic E-state index is 0.416. The molecular weight excluding hydrogens is 360 g/mol. The van der Waals surface area contributed by atoms with Crippen LogP contribution in [0, 0.1) is 11.3 Å². The van der Waals surface area contributed by atoms with E-state index in [9.17, 15) is 9.59 Å². The highest BCUT2D eigenvalue weighted by Gasteiger charge is 2.16. The first-order valence-corrected chi connectivity index (χ1v) is 8.38. The second kappa shape index (κ2) is 9.78. The number of carbonyl (C=O) groups is 2. The van der Waals surface area contributed by atoms with Gasteiger partial charge in [0.1, 0.15) is 11.5 Å². The lowest BCUT2D eigenvalue weighted by Crippen LogP contribution is -2.29. The number of methoxy groups -OCH3 is 2. The molecule has 2 aromatic carbocycles. The molecule has 0 unspecified atom stereocenters. The fourth-order valence-corrected chi connectivity index (χ4v) is 2.27. The highest BCUT2D eigenvalue weighted by atomic mass is 16.5. The lowest BCUT2D eigenvalue weighted by molar-refractivity contribution is -0.148. The van der Waals surface area contributed by atoms with E-state index in [4.69, 9.17) is 19.5 Å². The number of esters is 1. The van der Waals surface area contributed by atoms with Crippen LogP contribution in [-0.4, -0.2) is 32.2 Å². The van der Waals surface area contributed by atoms with E-state index in [2.05, 4.69) is 5.32 Å². The van der Waals surface area contributed by atoms with Crippen LogP contribution >= 0.6 is 0 Å². The van der Waals surface area contributed by atoms with Gasteiger partial charge in [-0.3, -0.25) is 4.79 Å². The molecule has 0 radical (unpaired) electrons. The Labute approximate surface area is 163 Å². The minimum Gasteiger partial charge on any atom is -0.497 e. The van der Waals surface area contributed by atoms with Gasteiger partial charge in [-0.1, -0.05) is 6.07 Å². The number of nitriles is 1. The third kappa shape index (κ3) is 5.88. The lowest BCUT2D eigenvalue weighted by atomic mass is 10.2. The molecule has 0 heterocycles. The normalized spacial score (nSPS) is 11.4. The van der Waals surface area contributed by atoms with Gasteiger partial charge in [0.25, 0.3) is 5.91 Å². The second-order valence-corrected chi connectivity index (χ2v) is 5.74. The number of hydrogen-bond donors (Lipinski definition) is 1. The fraction of sp³-hybridized carbons (Fsp3) is 0.190. The summed E-state index contributed by atoms with van der Waals surface area (Å²) in [6, 6.07) is 13.6. The first-order valence-electron chi connectivity index (χ1n) is 8.38. The van der Waals surface area contributed by atoms with Crippen LogP contribution in [0.2, 0.25) is 0 Å². The zero-order valence-electron chi connectivity index (χ0n) is 15.8. The predicted molar refractivity (Wildman–Crippen MR) is 104 cm³/mol. The maximum atomic E-state index is 12.2. The van der Waals surface area contributed by atoms with E-state index in [-0.39, 0.29) is 0 Å². The Hall–Kier alpha value is -3.79. The summed E-state index contributed by atoms with van der Waals surface area (Å²) >= 11 is 0. The largest absolute Gasteiger partial charge is 0.497 e. The van der Waals surface area contributed by atoms with Crippen LogP contribution in [0.15, 0.2) is 48.5 Å². The van der Waals surface area contributed by atoms with Crippen LogP contribution in [0.1, 0.15) is 18.1 Å². The number of hydrogen-bond acceptors (Lipinski definition) is 6. The Kier molecular flexibility index (Phi) is 7.17. The van der Waals surface area contributed by atoms with E-state index in [1.54, 1.807) is 36.4 Å². The smallest absolute Gasteiger partial charge is 0.331 e. The van der Waals surface area contributed by atoms with Crippen LogP contribution in [0.4, 0.5) is 5.69 Å². The van der Waals surface area contributed by atoms with Gasteiger partial charge in [-0.15, -0.1) is 0 Å². The van der Waals surface area contributed by atoms with Gasteiger partial charge in [-0.05, 0) is 48.9 Å². The number of ether oxygens (including phenoxy) is 3. The van der Waals surface area contributed by atoms with E-state index in [0.717, 1.165) is 0 Å². The Morgan fingerprint density at radius 3 is 2.39 bits per heavy atom. The van der Waals surface area contributed by atoms with Crippen molar-refractivity contribution in [1.29, 1.82) is 5.26 Å². The molecule has 0 aromatic heterocycles. The topological polar surface area (TPSA) is 97.6 Å². The SMILES string of the molecule is COc1cc(/C=C/C(=O)O[C@@H](C)C(=O)Nc2cccc(C#N)c2)cc(OC)c1. The first-order chi connectivity index (χ1) is 13.4. The number of benzene rings is 2. The Balaban J connectivity index is 1.97. The summed E-state index contributed by atoms with van der Waals surface area (Å²) in [5.41, 5.74) is 1.55. The van der Waals surface area contributed by atoms with Crippen molar-refractivity contribution < 1.29 is 23.8 Å². The van der Waals surface area contributed by atoms with Crippen molar-refractivity contribution in [3.63, 3.8) is 0 Å². The van der Waals surface area contributed by atoms with E-state index in [0.29, 0.717) is 28.3 Å². The molecule has 7 heteroatoms. The molecule has 0 saturated carbocycles. The van der Waals surface area contributed by atoms with Crippen LogP contribution in [0.3, 0.4) is 0 Å². The standard InChI is InChI=1S/C21H20N2O5/c1-14(21(25)23-17-6-4-5-16(9-17)13-22)28-20(24)8-7-15-10-18(26-2)12-19(11-15)27-3/h4-12,14H,1-3H3,(H,23,25)/b8-7+/t14-/m0/s1. The average molecular weight is 380 g/mol. The highest BCUT2D eigenvalue weighted by Crippen LogP contribution is 2.23. The van der Waals surface area contributed by atoms with Crippen molar-refractivity contribution in [3.8, 4) is 17.6 Å². The van der Waals surface area contributed by atoms with Gasteiger partial charge in [-0.25, -0.2) is 4.79 Å². The number of carbonyl (C=O) groups excluding carboxylic acids is 2. The van der Waals surface area contributed by atoms with Crippen molar-refractivity contribution in [2.45, 2.75) is 13.0 Å². The molecule has 0 spiro atoms. The van der Waals surface area contributed by atoms with E-state index >= 15 is 0 Å². The number of nitrogens with one attached hydrogen (secondary N) is 1. The lowest BCUT2D eigenvalue weighted by Gasteiger charge is -2.12. The van der Waals surface area contributed by atoms with Gasteiger partial charge in [0.05, 0.1) is 25.9 Å². The third-order valence-corrected chi connectivity index (χ3v) is 3.71. The molecule has 28 heavy (non-hydrogen) atoms. The maximum Gasteiger partial charge on any atom is 0.331 e. The second-order valence-electron chi connectivity index (χ2n) is 5.74. The molecule has 0 saturated heterocycles. The van der Waals surface area contributed by atoms with Crippen molar-refractivity contribution in [2.24, 2.45) is 0 Å². The molecule has 0 bridgehead atoms. The Morgan fingerprint density at radius 2 is 1.79 bits per heavy atom. The molecule has 1 amide bonds. The zero-order chi connectivity index (χ0) is 20.5. The molecule has 0 aliphatic rings. The molecule has 2 rings (SSSR count). The third-order valence-electron chi connectivity index (χ3n) is 3.71. The van der Waals surface area contributed by atoms with Crippen LogP contribution < -0.4 is 14.8 Å². The Morgan fingerprint density at radius 1 is 1.11 bits per heavy atom. The van der Waals surface area contributed by atoms with E-state index in [1.165, 1.54) is 39.4 Å². The molecule has 1 N–H and O–H groups in total.